The van der Waals surface area contributed by atoms with Crippen molar-refractivity contribution in [2.75, 3.05) is 12.3 Å². The van der Waals surface area contributed by atoms with Crippen LogP contribution in [-0.2, 0) is 4.74 Å². The van der Waals surface area contributed by atoms with Crippen molar-refractivity contribution in [2.45, 2.75) is 6.92 Å². The smallest absolute Gasteiger partial charge is 0.342 e. The molecule has 0 aliphatic heterocycles. The SMILES string of the molecule is CCOC(=O)c1cc(N)cnc1-n1ccnc1C#N. The molecule has 2 N–H and O–H groups in total. The first-order valence-corrected chi connectivity index (χ1v) is 5.53. The molecule has 0 aromatic carbocycles. The average Bonchev–Trinajstić information content (AvgIpc) is 2.87. The molecule has 0 bridgehead atoms. The highest BCUT2D eigenvalue weighted by molar-refractivity contribution is 5.93. The molecule has 0 aliphatic carbocycles. The van der Waals surface area contributed by atoms with Crippen molar-refractivity contribution in [3.8, 4) is 11.9 Å². The second-order valence-corrected chi connectivity index (χ2v) is 3.59. The lowest BCUT2D eigenvalue weighted by atomic mass is 10.2. The predicted octanol–water partition coefficient (Wildman–Crippen LogP) is 0.898. The van der Waals surface area contributed by atoms with Gasteiger partial charge in [0.1, 0.15) is 11.6 Å². The summed E-state index contributed by atoms with van der Waals surface area (Å²) in [6, 6.07) is 3.38. The Kier molecular flexibility index (Phi) is 3.43. The lowest BCUT2D eigenvalue weighted by molar-refractivity contribution is 0.0526. The van der Waals surface area contributed by atoms with Crippen molar-refractivity contribution in [3.05, 3.63) is 36.0 Å². The number of rotatable bonds is 3. The second kappa shape index (κ2) is 5.18. The highest BCUT2D eigenvalue weighted by Crippen LogP contribution is 2.17. The van der Waals surface area contributed by atoms with Crippen LogP contribution < -0.4 is 5.73 Å². The van der Waals surface area contributed by atoms with E-state index in [0.717, 1.165) is 0 Å². The Morgan fingerprint density at radius 2 is 2.37 bits per heavy atom. The normalized spacial score (nSPS) is 9.89. The number of hydrogen-bond acceptors (Lipinski definition) is 6. The van der Waals surface area contributed by atoms with Gasteiger partial charge in [-0.25, -0.2) is 14.8 Å². The van der Waals surface area contributed by atoms with Crippen LogP contribution >= 0.6 is 0 Å². The molecule has 2 aromatic rings. The molecule has 19 heavy (non-hydrogen) atoms. The first kappa shape index (κ1) is 12.6. The van der Waals surface area contributed by atoms with Gasteiger partial charge < -0.3 is 10.5 Å². The number of nitrogen functional groups attached to an aromatic ring is 1. The molecular formula is C12H11N5O2. The molecule has 0 atom stereocenters. The maximum absolute atomic E-state index is 11.9. The number of pyridine rings is 1. The van der Waals surface area contributed by atoms with E-state index in [1.54, 1.807) is 13.1 Å². The topological polar surface area (TPSA) is 107 Å². The number of anilines is 1. The van der Waals surface area contributed by atoms with Gasteiger partial charge in [0.2, 0.25) is 5.82 Å². The highest BCUT2D eigenvalue weighted by Gasteiger charge is 2.18. The number of carbonyl (C=O) groups is 1. The van der Waals surface area contributed by atoms with E-state index in [2.05, 4.69) is 9.97 Å². The molecular weight excluding hydrogens is 246 g/mol. The van der Waals surface area contributed by atoms with E-state index >= 15 is 0 Å². The van der Waals surface area contributed by atoms with Crippen LogP contribution in [0.5, 0.6) is 0 Å². The molecule has 0 fully saturated rings. The first-order chi connectivity index (χ1) is 9.17. The zero-order valence-electron chi connectivity index (χ0n) is 10.2. The van der Waals surface area contributed by atoms with Crippen LogP contribution in [-0.4, -0.2) is 27.1 Å². The summed E-state index contributed by atoms with van der Waals surface area (Å²) < 4.78 is 6.35. The van der Waals surface area contributed by atoms with E-state index < -0.39 is 5.97 Å². The van der Waals surface area contributed by atoms with E-state index in [1.165, 1.54) is 23.0 Å². The Labute approximate surface area is 109 Å². The summed E-state index contributed by atoms with van der Waals surface area (Å²) in [7, 11) is 0. The van der Waals surface area contributed by atoms with Crippen molar-refractivity contribution in [1.29, 1.82) is 5.26 Å². The zero-order chi connectivity index (χ0) is 13.8. The number of hydrogen-bond donors (Lipinski definition) is 1. The summed E-state index contributed by atoms with van der Waals surface area (Å²) in [6.07, 6.45) is 4.39. The number of carbonyl (C=O) groups excluding carboxylic acids is 1. The minimum Gasteiger partial charge on any atom is -0.462 e. The summed E-state index contributed by atoms with van der Waals surface area (Å²) >= 11 is 0. The van der Waals surface area contributed by atoms with Crippen LogP contribution in [0, 0.1) is 11.3 Å². The third-order valence-electron chi connectivity index (χ3n) is 2.35. The second-order valence-electron chi connectivity index (χ2n) is 3.59. The van der Waals surface area contributed by atoms with Gasteiger partial charge in [0, 0.05) is 12.4 Å². The summed E-state index contributed by atoms with van der Waals surface area (Å²) in [5.41, 5.74) is 6.15. The van der Waals surface area contributed by atoms with Gasteiger partial charge in [-0.15, -0.1) is 0 Å². The summed E-state index contributed by atoms with van der Waals surface area (Å²) in [4.78, 5) is 19.8. The fourth-order valence-electron chi connectivity index (χ4n) is 1.58. The summed E-state index contributed by atoms with van der Waals surface area (Å²) in [5, 5.41) is 8.95. The van der Waals surface area contributed by atoms with E-state index in [1.807, 2.05) is 6.07 Å². The molecule has 2 rings (SSSR count). The van der Waals surface area contributed by atoms with Gasteiger partial charge in [-0.1, -0.05) is 0 Å². The molecule has 96 valence electrons. The third-order valence-corrected chi connectivity index (χ3v) is 2.35. The molecule has 2 heterocycles. The Balaban J connectivity index is 2.58. The Bertz CT molecular complexity index is 656. The minimum absolute atomic E-state index is 0.128. The minimum atomic E-state index is -0.546. The average molecular weight is 257 g/mol. The highest BCUT2D eigenvalue weighted by atomic mass is 16.5. The van der Waals surface area contributed by atoms with Gasteiger partial charge in [0.05, 0.1) is 18.5 Å². The molecule has 0 saturated heterocycles. The van der Waals surface area contributed by atoms with E-state index in [4.69, 9.17) is 15.7 Å². The molecule has 0 radical (unpaired) electrons. The van der Waals surface area contributed by atoms with Crippen molar-refractivity contribution >= 4 is 11.7 Å². The monoisotopic (exact) mass is 257 g/mol. The van der Waals surface area contributed by atoms with E-state index in [-0.39, 0.29) is 23.8 Å². The maximum Gasteiger partial charge on any atom is 0.342 e. The fraction of sp³-hybridized carbons (Fsp3) is 0.167. The number of nitriles is 1. The fourth-order valence-corrected chi connectivity index (χ4v) is 1.58. The zero-order valence-corrected chi connectivity index (χ0v) is 10.2. The molecule has 2 aromatic heterocycles. The number of nitrogens with two attached hydrogens (primary N) is 1. The quantitative estimate of drug-likeness (QED) is 0.818. The van der Waals surface area contributed by atoms with Gasteiger partial charge in [0.15, 0.2) is 5.82 Å². The van der Waals surface area contributed by atoms with Crippen LogP contribution in [0.25, 0.3) is 5.82 Å². The van der Waals surface area contributed by atoms with Crippen LogP contribution in [0.15, 0.2) is 24.7 Å². The maximum atomic E-state index is 11.9. The number of nitrogens with zero attached hydrogens (tertiary/aromatic N) is 4. The molecule has 0 aliphatic rings. The largest absolute Gasteiger partial charge is 0.462 e. The molecule has 7 nitrogen and oxygen atoms in total. The molecule has 0 spiro atoms. The predicted molar refractivity (Wildman–Crippen MR) is 66.4 cm³/mol. The third kappa shape index (κ3) is 2.37. The number of aromatic nitrogens is 3. The molecule has 0 unspecified atom stereocenters. The van der Waals surface area contributed by atoms with Gasteiger partial charge in [0.25, 0.3) is 0 Å². The standard InChI is InChI=1S/C12H11N5O2/c1-2-19-12(18)9-5-8(14)7-16-11(9)17-4-3-15-10(17)6-13/h3-5,7H,2,14H2,1H3. The Morgan fingerprint density at radius 3 is 3.05 bits per heavy atom. The van der Waals surface area contributed by atoms with Crippen molar-refractivity contribution in [2.24, 2.45) is 0 Å². The van der Waals surface area contributed by atoms with Crippen molar-refractivity contribution < 1.29 is 9.53 Å². The van der Waals surface area contributed by atoms with Crippen molar-refractivity contribution in [1.82, 2.24) is 14.5 Å². The van der Waals surface area contributed by atoms with E-state index in [0.29, 0.717) is 5.69 Å². The van der Waals surface area contributed by atoms with Crippen LogP contribution in [0.3, 0.4) is 0 Å². The number of imidazole rings is 1. The van der Waals surface area contributed by atoms with Gasteiger partial charge >= 0.3 is 5.97 Å². The van der Waals surface area contributed by atoms with Crippen LogP contribution in [0.4, 0.5) is 5.69 Å². The molecule has 0 saturated carbocycles. The van der Waals surface area contributed by atoms with Crippen LogP contribution in [0.2, 0.25) is 0 Å². The summed E-state index contributed by atoms with van der Waals surface area (Å²) in [6.45, 7) is 1.94. The lowest BCUT2D eigenvalue weighted by Crippen LogP contribution is -2.12. The van der Waals surface area contributed by atoms with Gasteiger partial charge in [-0.2, -0.15) is 5.26 Å². The van der Waals surface area contributed by atoms with Crippen molar-refractivity contribution in [3.63, 3.8) is 0 Å². The van der Waals surface area contributed by atoms with Crippen LogP contribution in [0.1, 0.15) is 23.1 Å². The first-order valence-electron chi connectivity index (χ1n) is 5.53. The van der Waals surface area contributed by atoms with Gasteiger partial charge in [-0.3, -0.25) is 4.57 Å². The number of ether oxygens (including phenoxy) is 1. The van der Waals surface area contributed by atoms with E-state index in [9.17, 15) is 4.79 Å². The molecule has 0 amide bonds. The Morgan fingerprint density at radius 1 is 1.58 bits per heavy atom. The molecule has 7 heteroatoms. The van der Waals surface area contributed by atoms with Gasteiger partial charge in [-0.05, 0) is 13.0 Å². The summed E-state index contributed by atoms with van der Waals surface area (Å²) in [5.74, 6) is -0.153. The Hall–Kier alpha value is -2.88. The lowest BCUT2D eigenvalue weighted by Gasteiger charge is -2.09. The number of esters is 1.